The van der Waals surface area contributed by atoms with Crippen molar-refractivity contribution in [2.45, 2.75) is 24.3 Å². The molecule has 2 amide bonds. The van der Waals surface area contributed by atoms with Crippen LogP contribution in [0.1, 0.15) is 18.4 Å². The zero-order valence-corrected chi connectivity index (χ0v) is 14.2. The molecule has 1 spiro atoms. The van der Waals surface area contributed by atoms with Crippen LogP contribution in [0.25, 0.3) is 0 Å². The van der Waals surface area contributed by atoms with E-state index in [1.54, 1.807) is 4.90 Å². The van der Waals surface area contributed by atoms with Gasteiger partial charge in [-0.3, -0.25) is 9.59 Å². The summed E-state index contributed by atoms with van der Waals surface area (Å²) in [5.41, 5.74) is 1.29. The third-order valence-corrected chi connectivity index (χ3v) is 5.66. The summed E-state index contributed by atoms with van der Waals surface area (Å²) in [6.07, 6.45) is 6.74. The van der Waals surface area contributed by atoms with Gasteiger partial charge in [-0.05, 0) is 25.0 Å². The van der Waals surface area contributed by atoms with Crippen LogP contribution in [0.2, 0.25) is 0 Å². The van der Waals surface area contributed by atoms with Crippen LogP contribution in [-0.4, -0.2) is 53.9 Å². The molecule has 1 aromatic rings. The molecule has 3 aliphatic heterocycles. The molecule has 3 heterocycles. The Morgan fingerprint density at radius 1 is 1.24 bits per heavy atom. The van der Waals surface area contributed by atoms with Gasteiger partial charge in [-0.2, -0.15) is 0 Å². The number of rotatable bonds is 2. The van der Waals surface area contributed by atoms with Crippen LogP contribution < -0.4 is 4.74 Å². The Morgan fingerprint density at radius 3 is 2.76 bits per heavy atom. The average molecular weight is 338 g/mol. The van der Waals surface area contributed by atoms with Crippen molar-refractivity contribution in [1.82, 2.24) is 9.80 Å². The summed E-state index contributed by atoms with van der Waals surface area (Å²) in [4.78, 5) is 28.3. The summed E-state index contributed by atoms with van der Waals surface area (Å²) in [5.74, 6) is 0.782. The first-order valence-electron chi connectivity index (χ1n) is 8.75. The van der Waals surface area contributed by atoms with Gasteiger partial charge < -0.3 is 14.5 Å². The normalized spacial score (nSPS) is 23.4. The summed E-state index contributed by atoms with van der Waals surface area (Å²) in [5, 5.41) is 0. The van der Waals surface area contributed by atoms with Crippen LogP contribution >= 0.6 is 0 Å². The first-order valence-corrected chi connectivity index (χ1v) is 8.75. The fraction of sp³-hybridized carbons (Fsp3) is 0.400. The third-order valence-electron chi connectivity index (χ3n) is 5.66. The van der Waals surface area contributed by atoms with Crippen molar-refractivity contribution in [1.29, 1.82) is 0 Å². The van der Waals surface area contributed by atoms with Crippen molar-refractivity contribution >= 4 is 11.8 Å². The maximum atomic E-state index is 12.9. The van der Waals surface area contributed by atoms with Gasteiger partial charge in [-0.15, -0.1) is 0 Å². The Labute approximate surface area is 147 Å². The predicted octanol–water partition coefficient (Wildman–Crippen LogP) is 1.89. The summed E-state index contributed by atoms with van der Waals surface area (Å²) in [6, 6.07) is 7.71. The number of benzene rings is 1. The lowest BCUT2D eigenvalue weighted by atomic mass is 9.74. The van der Waals surface area contributed by atoms with Gasteiger partial charge in [0.1, 0.15) is 11.8 Å². The minimum Gasteiger partial charge on any atom is -0.492 e. The van der Waals surface area contributed by atoms with E-state index in [0.717, 1.165) is 18.6 Å². The van der Waals surface area contributed by atoms with E-state index in [1.165, 1.54) is 11.6 Å². The van der Waals surface area contributed by atoms with E-state index in [-0.39, 0.29) is 17.2 Å². The molecule has 4 rings (SSSR count). The largest absolute Gasteiger partial charge is 0.492 e. The van der Waals surface area contributed by atoms with Crippen LogP contribution in [-0.2, 0) is 15.0 Å². The van der Waals surface area contributed by atoms with Crippen molar-refractivity contribution in [3.63, 3.8) is 0 Å². The van der Waals surface area contributed by atoms with Crippen LogP contribution in [0.4, 0.5) is 0 Å². The number of carbonyl (C=O) groups is 2. The van der Waals surface area contributed by atoms with Crippen molar-refractivity contribution in [2.75, 3.05) is 26.2 Å². The quantitative estimate of drug-likeness (QED) is 0.611. The van der Waals surface area contributed by atoms with E-state index in [2.05, 4.69) is 18.7 Å². The van der Waals surface area contributed by atoms with Crippen molar-refractivity contribution < 1.29 is 14.3 Å². The molecule has 130 valence electrons. The molecule has 0 aromatic heterocycles. The fourth-order valence-corrected chi connectivity index (χ4v) is 4.16. The van der Waals surface area contributed by atoms with Gasteiger partial charge in [-0.25, -0.2) is 0 Å². The molecule has 0 unspecified atom stereocenters. The van der Waals surface area contributed by atoms with Gasteiger partial charge in [0.15, 0.2) is 0 Å². The number of amides is 2. The average Bonchev–Trinajstić information content (AvgIpc) is 3.28. The molecule has 5 heteroatoms. The number of nitrogens with zero attached hydrogens (tertiary/aromatic N) is 2. The molecule has 1 fully saturated rings. The highest BCUT2D eigenvalue weighted by Crippen LogP contribution is 2.45. The monoisotopic (exact) mass is 338 g/mol. The van der Waals surface area contributed by atoms with Crippen LogP contribution in [0, 0.1) is 0 Å². The highest BCUT2D eigenvalue weighted by atomic mass is 16.5. The SMILES string of the molecule is C=CC(=O)N1CC=C[C@H]1C(=O)N1CCC2(CC1)COc1ccccc12. The minimum absolute atomic E-state index is 0.00556. The molecular formula is C20H22N2O3. The first-order chi connectivity index (χ1) is 12.1. The Bertz CT molecular complexity index is 747. The van der Waals surface area contributed by atoms with Gasteiger partial charge in [0, 0.05) is 30.6 Å². The van der Waals surface area contributed by atoms with E-state index in [4.69, 9.17) is 4.74 Å². The number of likely N-dealkylation sites (tertiary alicyclic amines) is 1. The van der Waals surface area contributed by atoms with Crippen LogP contribution in [0.15, 0.2) is 49.1 Å². The standard InChI is InChI=1S/C20H22N2O3/c1-2-18(23)22-11-5-7-16(22)19(24)21-12-9-20(10-13-21)14-25-17-8-4-3-6-15(17)20/h2-8,16H,1,9-14H2/t16-/m0/s1. The summed E-state index contributed by atoms with van der Waals surface area (Å²) >= 11 is 0. The Balaban J connectivity index is 1.46. The van der Waals surface area contributed by atoms with Gasteiger partial charge >= 0.3 is 0 Å². The Morgan fingerprint density at radius 2 is 2.00 bits per heavy atom. The first kappa shape index (κ1) is 15.9. The molecule has 0 aliphatic carbocycles. The molecule has 25 heavy (non-hydrogen) atoms. The highest BCUT2D eigenvalue weighted by Gasteiger charge is 2.44. The van der Waals surface area contributed by atoms with E-state index < -0.39 is 6.04 Å². The number of carbonyl (C=O) groups excluding carboxylic acids is 2. The molecule has 1 saturated heterocycles. The summed E-state index contributed by atoms with van der Waals surface area (Å²) < 4.78 is 5.87. The van der Waals surface area contributed by atoms with E-state index >= 15 is 0 Å². The number of para-hydroxylation sites is 1. The number of hydrogen-bond donors (Lipinski definition) is 0. The zero-order valence-electron chi connectivity index (χ0n) is 14.2. The van der Waals surface area contributed by atoms with E-state index in [0.29, 0.717) is 26.2 Å². The number of hydrogen-bond acceptors (Lipinski definition) is 3. The third kappa shape index (κ3) is 2.54. The maximum Gasteiger partial charge on any atom is 0.249 e. The van der Waals surface area contributed by atoms with E-state index in [9.17, 15) is 9.59 Å². The second-order valence-corrected chi connectivity index (χ2v) is 6.96. The second-order valence-electron chi connectivity index (χ2n) is 6.96. The molecule has 0 N–H and O–H groups in total. The zero-order chi connectivity index (χ0) is 17.4. The lowest BCUT2D eigenvalue weighted by Gasteiger charge is -2.40. The van der Waals surface area contributed by atoms with Gasteiger partial charge in [0.2, 0.25) is 11.8 Å². The fourth-order valence-electron chi connectivity index (χ4n) is 4.16. The molecular weight excluding hydrogens is 316 g/mol. The van der Waals surface area contributed by atoms with Crippen LogP contribution in [0.5, 0.6) is 5.75 Å². The number of fused-ring (bicyclic) bond motifs is 2. The molecule has 0 radical (unpaired) electrons. The molecule has 5 nitrogen and oxygen atoms in total. The lowest BCUT2D eigenvalue weighted by Crippen LogP contribution is -2.52. The Kier molecular flexibility index (Phi) is 3.86. The molecule has 0 bridgehead atoms. The summed E-state index contributed by atoms with van der Waals surface area (Å²) in [7, 11) is 0. The highest BCUT2D eigenvalue weighted by molar-refractivity contribution is 5.94. The van der Waals surface area contributed by atoms with Crippen molar-refractivity contribution in [2.24, 2.45) is 0 Å². The minimum atomic E-state index is -0.494. The van der Waals surface area contributed by atoms with Gasteiger partial charge in [0.05, 0.1) is 6.61 Å². The molecule has 0 saturated carbocycles. The maximum absolute atomic E-state index is 12.9. The molecule has 1 aromatic carbocycles. The van der Waals surface area contributed by atoms with Gasteiger partial charge in [0.25, 0.3) is 0 Å². The van der Waals surface area contributed by atoms with Crippen molar-refractivity contribution in [3.8, 4) is 5.75 Å². The molecule has 3 aliphatic rings. The predicted molar refractivity (Wildman–Crippen MR) is 94.3 cm³/mol. The topological polar surface area (TPSA) is 49.9 Å². The van der Waals surface area contributed by atoms with Gasteiger partial charge in [-0.1, -0.05) is 36.9 Å². The summed E-state index contributed by atoms with van der Waals surface area (Å²) in [6.45, 7) is 6.07. The number of piperidine rings is 1. The van der Waals surface area contributed by atoms with Crippen molar-refractivity contribution in [3.05, 3.63) is 54.6 Å². The second kappa shape index (κ2) is 6.06. The van der Waals surface area contributed by atoms with E-state index in [1.807, 2.05) is 29.2 Å². The lowest BCUT2D eigenvalue weighted by molar-refractivity contribution is -0.141. The smallest absolute Gasteiger partial charge is 0.249 e. The Hall–Kier alpha value is -2.56. The van der Waals surface area contributed by atoms with Crippen LogP contribution in [0.3, 0.4) is 0 Å². The molecule has 1 atom stereocenters. The number of ether oxygens (including phenoxy) is 1.